The number of nitrogens with two attached hydrogens (primary N) is 1. The van der Waals surface area contributed by atoms with Crippen molar-refractivity contribution < 1.29 is 22.4 Å². The van der Waals surface area contributed by atoms with E-state index >= 15 is 0 Å². The number of hydrogen-bond acceptors (Lipinski definition) is 10. The van der Waals surface area contributed by atoms with E-state index in [2.05, 4.69) is 37.2 Å². The number of aryl methyl sites for hydroxylation is 1. The highest BCUT2D eigenvalue weighted by Gasteiger charge is 2.30. The van der Waals surface area contributed by atoms with Gasteiger partial charge in [-0.15, -0.1) is 0 Å². The van der Waals surface area contributed by atoms with Crippen LogP contribution in [0.4, 0.5) is 21.8 Å². The maximum atomic E-state index is 14.2. The average molecular weight is 519 g/mol. The number of ether oxygens (including phenoxy) is 1. The smallest absolute Gasteiger partial charge is 0.250 e. The molecule has 0 bridgehead atoms. The lowest BCUT2D eigenvalue weighted by atomic mass is 10.1. The molecule has 0 amide bonds. The molecule has 4 heterocycles. The molecule has 0 spiro atoms. The number of pyridine rings is 2. The number of halogens is 1. The Hall–Kier alpha value is -3.49. The minimum atomic E-state index is -3.21. The average Bonchev–Trinajstić information content (AvgIpc) is 2.83. The first-order valence-electron chi connectivity index (χ1n) is 11.3. The summed E-state index contributed by atoms with van der Waals surface area (Å²) in [5, 5.41) is 3.08. The molecule has 3 aromatic rings. The van der Waals surface area contributed by atoms with Crippen LogP contribution in [0, 0.1) is 12.7 Å². The van der Waals surface area contributed by atoms with Crippen LogP contribution in [0.2, 0.25) is 0 Å². The number of sulfonamides is 1. The molecule has 1 atom stereocenters. The van der Waals surface area contributed by atoms with Gasteiger partial charge in [-0.25, -0.2) is 27.8 Å². The van der Waals surface area contributed by atoms with E-state index in [0.29, 0.717) is 54.9 Å². The zero-order valence-corrected chi connectivity index (χ0v) is 21.3. The Bertz CT molecular complexity index is 1340. The Morgan fingerprint density at radius 1 is 1.17 bits per heavy atom. The molecule has 192 valence electrons. The van der Waals surface area contributed by atoms with Crippen LogP contribution in [-0.2, 0) is 10.0 Å². The van der Waals surface area contributed by atoms with Crippen molar-refractivity contribution in [2.75, 3.05) is 50.6 Å². The molecule has 0 aromatic carbocycles. The number of nitrogens with one attached hydrogen (secondary N) is 2. The number of aromatic nitrogens is 5. The van der Waals surface area contributed by atoms with Gasteiger partial charge in [0.05, 0.1) is 57.0 Å². The fraction of sp³-hybridized carbons (Fsp3) is 0.409. The van der Waals surface area contributed by atoms with Crippen LogP contribution in [0.1, 0.15) is 24.4 Å². The lowest BCUT2D eigenvalue weighted by molar-refractivity contribution is -0.933. The van der Waals surface area contributed by atoms with Crippen molar-refractivity contribution in [3.63, 3.8) is 0 Å². The fourth-order valence-corrected chi connectivity index (χ4v) is 5.01. The van der Waals surface area contributed by atoms with Crippen molar-refractivity contribution in [1.29, 1.82) is 0 Å². The Labute approximate surface area is 208 Å². The summed E-state index contributed by atoms with van der Waals surface area (Å²) in [5.74, 6) is 0.495. The van der Waals surface area contributed by atoms with Gasteiger partial charge in [0.15, 0.2) is 11.6 Å². The molecular weight excluding hydrogens is 489 g/mol. The summed E-state index contributed by atoms with van der Waals surface area (Å²) in [7, 11) is -1.87. The number of methoxy groups -OCH3 is 1. The van der Waals surface area contributed by atoms with Gasteiger partial charge in [0.25, 0.3) is 0 Å². The molecule has 4 N–H and O–H groups in total. The molecule has 0 saturated carbocycles. The maximum absolute atomic E-state index is 14.2. The molecule has 1 aliphatic rings. The van der Waals surface area contributed by atoms with E-state index in [-0.39, 0.29) is 17.9 Å². The number of quaternary nitrogens is 1. The Morgan fingerprint density at radius 2 is 1.89 bits per heavy atom. The highest BCUT2D eigenvalue weighted by molar-refractivity contribution is 7.88. The first-order valence-corrected chi connectivity index (χ1v) is 13.1. The summed E-state index contributed by atoms with van der Waals surface area (Å²) >= 11 is 0. The van der Waals surface area contributed by atoms with E-state index < -0.39 is 15.8 Å². The van der Waals surface area contributed by atoms with Crippen LogP contribution in [0.3, 0.4) is 0 Å². The Kier molecular flexibility index (Phi) is 7.28. The summed E-state index contributed by atoms with van der Waals surface area (Å²) in [6.45, 7) is 6.02. The van der Waals surface area contributed by atoms with E-state index in [1.165, 1.54) is 34.8 Å². The zero-order chi connectivity index (χ0) is 26.0. The SMILES string of the molecule is COc1ncc(Nc2ncc([C@@H](C)[NH+]3CCN(S(C)(=O)=O)CC3)cc2-c2nc(C)nc(N)n2)cc1F. The predicted octanol–water partition coefficient (Wildman–Crippen LogP) is 0.332. The van der Waals surface area contributed by atoms with Gasteiger partial charge in [0, 0.05) is 17.8 Å². The summed E-state index contributed by atoms with van der Waals surface area (Å²) < 4.78 is 44.3. The zero-order valence-electron chi connectivity index (χ0n) is 20.5. The quantitative estimate of drug-likeness (QED) is 0.399. The third-order valence-electron chi connectivity index (χ3n) is 6.12. The third-order valence-corrected chi connectivity index (χ3v) is 7.43. The van der Waals surface area contributed by atoms with Gasteiger partial charge in [0.2, 0.25) is 21.9 Å². The van der Waals surface area contributed by atoms with Crippen LogP contribution in [0.25, 0.3) is 11.4 Å². The van der Waals surface area contributed by atoms with Crippen LogP contribution in [0.5, 0.6) is 5.88 Å². The van der Waals surface area contributed by atoms with Crippen molar-refractivity contribution in [3.8, 4) is 17.3 Å². The summed E-state index contributed by atoms with van der Waals surface area (Å²) in [4.78, 5) is 22.5. The molecule has 0 unspecified atom stereocenters. The van der Waals surface area contributed by atoms with Gasteiger partial charge in [-0.3, -0.25) is 0 Å². The molecule has 12 nitrogen and oxygen atoms in total. The number of nitrogen functional groups attached to an aromatic ring is 1. The molecular formula is C22H29FN9O3S+. The minimum absolute atomic E-state index is 0.0207. The van der Waals surface area contributed by atoms with Crippen LogP contribution < -0.4 is 20.7 Å². The van der Waals surface area contributed by atoms with E-state index in [9.17, 15) is 12.8 Å². The lowest BCUT2D eigenvalue weighted by Gasteiger charge is -2.34. The van der Waals surface area contributed by atoms with Gasteiger partial charge in [-0.1, -0.05) is 0 Å². The monoisotopic (exact) mass is 518 g/mol. The number of piperazine rings is 1. The standard InChI is InChI=1S/C22H28FN9O3S/c1-13(31-5-7-32(8-6-31)36(4,33)34)15-9-17(20-27-14(2)28-22(24)30-20)19(25-11-15)29-16-10-18(23)21(35-3)26-12-16/h9-13H,5-8H2,1-4H3,(H,25,29)(H2,24,27,28,30)/p+1/t13-/m1/s1. The van der Waals surface area contributed by atoms with E-state index in [0.717, 1.165) is 5.56 Å². The fourth-order valence-electron chi connectivity index (χ4n) is 4.17. The Balaban J connectivity index is 1.67. The van der Waals surface area contributed by atoms with Crippen molar-refractivity contribution in [2.24, 2.45) is 0 Å². The second-order valence-electron chi connectivity index (χ2n) is 8.61. The van der Waals surface area contributed by atoms with Gasteiger partial charge in [-0.05, 0) is 19.9 Å². The largest absolute Gasteiger partial charge is 0.479 e. The van der Waals surface area contributed by atoms with E-state index in [1.54, 1.807) is 13.1 Å². The molecule has 1 saturated heterocycles. The van der Waals surface area contributed by atoms with Crippen molar-refractivity contribution in [1.82, 2.24) is 29.2 Å². The van der Waals surface area contributed by atoms with Crippen LogP contribution in [0.15, 0.2) is 24.5 Å². The van der Waals surface area contributed by atoms with Gasteiger partial charge < -0.3 is 20.7 Å². The first kappa shape index (κ1) is 25.6. The molecule has 0 radical (unpaired) electrons. The number of anilines is 3. The highest BCUT2D eigenvalue weighted by atomic mass is 32.2. The van der Waals surface area contributed by atoms with Crippen molar-refractivity contribution >= 4 is 27.5 Å². The van der Waals surface area contributed by atoms with Gasteiger partial charge in [0.1, 0.15) is 17.7 Å². The molecule has 3 aromatic heterocycles. The number of rotatable bonds is 7. The maximum Gasteiger partial charge on any atom is 0.250 e. The third kappa shape index (κ3) is 5.66. The minimum Gasteiger partial charge on any atom is -0.479 e. The summed E-state index contributed by atoms with van der Waals surface area (Å²) in [6.07, 6.45) is 4.40. The van der Waals surface area contributed by atoms with Crippen molar-refractivity contribution in [2.45, 2.75) is 19.9 Å². The van der Waals surface area contributed by atoms with Crippen molar-refractivity contribution in [3.05, 3.63) is 41.7 Å². The summed E-state index contributed by atoms with van der Waals surface area (Å²) in [6, 6.07) is 3.19. The van der Waals surface area contributed by atoms with Crippen LogP contribution >= 0.6 is 0 Å². The van der Waals surface area contributed by atoms with Crippen LogP contribution in [-0.4, -0.2) is 77.2 Å². The predicted molar refractivity (Wildman–Crippen MR) is 132 cm³/mol. The lowest BCUT2D eigenvalue weighted by Crippen LogP contribution is -3.14. The second-order valence-corrected chi connectivity index (χ2v) is 10.6. The molecule has 4 rings (SSSR count). The topological polar surface area (TPSA) is 154 Å². The molecule has 1 aliphatic heterocycles. The van der Waals surface area contributed by atoms with Gasteiger partial charge >= 0.3 is 0 Å². The summed E-state index contributed by atoms with van der Waals surface area (Å²) in [5.41, 5.74) is 7.71. The Morgan fingerprint density at radius 3 is 2.50 bits per heavy atom. The first-order chi connectivity index (χ1) is 17.0. The molecule has 14 heteroatoms. The number of nitrogens with zero attached hydrogens (tertiary/aromatic N) is 6. The highest BCUT2D eigenvalue weighted by Crippen LogP contribution is 2.30. The van der Waals surface area contributed by atoms with E-state index in [4.69, 9.17) is 10.5 Å². The normalized spacial score (nSPS) is 16.0. The molecule has 36 heavy (non-hydrogen) atoms. The second kappa shape index (κ2) is 10.2. The van der Waals surface area contributed by atoms with Gasteiger partial charge in [-0.2, -0.15) is 14.3 Å². The molecule has 1 fully saturated rings. The van der Waals surface area contributed by atoms with E-state index in [1.807, 2.05) is 6.07 Å². The molecule has 0 aliphatic carbocycles. The number of hydrogen-bond donors (Lipinski definition) is 3.